The zero-order chi connectivity index (χ0) is 16.6. The molecule has 118 valence electrons. The summed E-state index contributed by atoms with van der Waals surface area (Å²) in [7, 11) is -3.48. The normalized spacial score (nSPS) is 14.5. The second kappa shape index (κ2) is 5.58. The summed E-state index contributed by atoms with van der Waals surface area (Å²) in [5.41, 5.74) is 0.745. The first-order valence-corrected chi connectivity index (χ1v) is 8.21. The Hall–Kier alpha value is -2.54. The smallest absolute Gasteiger partial charge is 0.228 e. The number of nitrogens with one attached hydrogen (secondary N) is 1. The average Bonchev–Trinajstić information content (AvgIpc) is 2.78. The molecule has 1 N–H and O–H groups in total. The summed E-state index contributed by atoms with van der Waals surface area (Å²) >= 11 is 0. The molecule has 23 heavy (non-hydrogen) atoms. The van der Waals surface area contributed by atoms with E-state index < -0.39 is 27.4 Å². The maximum absolute atomic E-state index is 13.5. The lowest BCUT2D eigenvalue weighted by Gasteiger charge is -2.08. The monoisotopic (exact) mass is 335 g/mol. The minimum absolute atomic E-state index is 0.0713. The van der Waals surface area contributed by atoms with Crippen LogP contribution in [0.15, 0.2) is 46.7 Å². The molecule has 0 saturated carbocycles. The van der Waals surface area contributed by atoms with Gasteiger partial charge in [0.1, 0.15) is 11.6 Å². The second-order valence-corrected chi connectivity index (χ2v) is 6.86. The first kappa shape index (κ1) is 15.4. The van der Waals surface area contributed by atoms with Crippen molar-refractivity contribution in [2.24, 2.45) is 0 Å². The molecular weight excluding hydrogens is 324 g/mol. The number of rotatable bonds is 3. The Morgan fingerprint density at radius 2 is 1.87 bits per heavy atom. The molecule has 0 bridgehead atoms. The summed E-state index contributed by atoms with van der Waals surface area (Å²) in [5, 5.41) is 3.57. The van der Waals surface area contributed by atoms with Crippen LogP contribution in [0.1, 0.15) is 11.1 Å². The van der Waals surface area contributed by atoms with Crippen molar-refractivity contribution in [1.29, 1.82) is 0 Å². The third-order valence-electron chi connectivity index (χ3n) is 3.39. The van der Waals surface area contributed by atoms with E-state index in [4.69, 9.17) is 0 Å². The van der Waals surface area contributed by atoms with Crippen molar-refractivity contribution in [3.63, 3.8) is 0 Å². The SMILES string of the molecule is O=C(Cc1cc(F)ccc1F)Nc1ccc2c(c1)S(=O)(=O)C=C2. The third-order valence-corrected chi connectivity index (χ3v) is 4.85. The molecule has 2 aromatic rings. The van der Waals surface area contributed by atoms with Crippen LogP contribution in [0.3, 0.4) is 0 Å². The molecule has 2 aromatic carbocycles. The minimum atomic E-state index is -3.48. The molecule has 0 spiro atoms. The van der Waals surface area contributed by atoms with Gasteiger partial charge in [-0.15, -0.1) is 0 Å². The van der Waals surface area contributed by atoms with Crippen molar-refractivity contribution in [2.75, 3.05) is 5.32 Å². The third kappa shape index (κ3) is 3.14. The minimum Gasteiger partial charge on any atom is -0.326 e. The van der Waals surface area contributed by atoms with Crippen molar-refractivity contribution >= 4 is 27.5 Å². The van der Waals surface area contributed by atoms with Crippen LogP contribution in [0.5, 0.6) is 0 Å². The molecule has 0 unspecified atom stereocenters. The van der Waals surface area contributed by atoms with Crippen LogP contribution in [0.25, 0.3) is 6.08 Å². The lowest BCUT2D eigenvalue weighted by atomic mass is 10.1. The molecule has 0 saturated heterocycles. The van der Waals surface area contributed by atoms with Gasteiger partial charge in [-0.1, -0.05) is 6.07 Å². The van der Waals surface area contributed by atoms with E-state index in [1.807, 2.05) is 0 Å². The maximum atomic E-state index is 13.5. The van der Waals surface area contributed by atoms with E-state index in [9.17, 15) is 22.0 Å². The summed E-state index contributed by atoms with van der Waals surface area (Å²) in [6, 6.07) is 7.32. The van der Waals surface area contributed by atoms with Crippen molar-refractivity contribution in [1.82, 2.24) is 0 Å². The van der Waals surface area contributed by atoms with Crippen molar-refractivity contribution in [3.8, 4) is 0 Å². The lowest BCUT2D eigenvalue weighted by molar-refractivity contribution is -0.115. The van der Waals surface area contributed by atoms with Gasteiger partial charge in [-0.05, 0) is 42.0 Å². The second-order valence-electron chi connectivity index (χ2n) is 5.06. The maximum Gasteiger partial charge on any atom is 0.228 e. The first-order chi connectivity index (χ1) is 10.8. The molecule has 1 aliphatic heterocycles. The molecule has 0 aromatic heterocycles. The summed E-state index contributed by atoms with van der Waals surface area (Å²) in [4.78, 5) is 12.0. The highest BCUT2D eigenvalue weighted by Gasteiger charge is 2.21. The quantitative estimate of drug-likeness (QED) is 0.938. The Morgan fingerprint density at radius 3 is 2.65 bits per heavy atom. The van der Waals surface area contributed by atoms with Gasteiger partial charge >= 0.3 is 0 Å². The molecule has 0 aliphatic carbocycles. The van der Waals surface area contributed by atoms with Gasteiger partial charge in [0, 0.05) is 16.7 Å². The van der Waals surface area contributed by atoms with Crippen LogP contribution in [-0.2, 0) is 21.1 Å². The predicted octanol–water partition coefficient (Wildman–Crippen LogP) is 2.90. The summed E-state index contributed by atoms with van der Waals surface area (Å²) in [5.74, 6) is -1.89. The fraction of sp³-hybridized carbons (Fsp3) is 0.0625. The van der Waals surface area contributed by atoms with Gasteiger partial charge in [0.15, 0.2) is 0 Å². The summed E-state index contributed by atoms with van der Waals surface area (Å²) in [6.07, 6.45) is 1.12. The average molecular weight is 335 g/mol. The fourth-order valence-corrected chi connectivity index (χ4v) is 3.52. The van der Waals surface area contributed by atoms with Crippen LogP contribution >= 0.6 is 0 Å². The molecule has 1 aliphatic rings. The van der Waals surface area contributed by atoms with Crippen LogP contribution in [0.4, 0.5) is 14.5 Å². The highest BCUT2D eigenvalue weighted by Crippen LogP contribution is 2.29. The van der Waals surface area contributed by atoms with E-state index in [0.717, 1.165) is 23.6 Å². The summed E-state index contributed by atoms with van der Waals surface area (Å²) in [6.45, 7) is 0. The van der Waals surface area contributed by atoms with Crippen molar-refractivity contribution < 1.29 is 22.0 Å². The number of amides is 1. The molecule has 3 rings (SSSR count). The molecule has 1 amide bonds. The van der Waals surface area contributed by atoms with E-state index in [-0.39, 0.29) is 22.6 Å². The largest absolute Gasteiger partial charge is 0.326 e. The fourth-order valence-electron chi connectivity index (χ4n) is 2.29. The topological polar surface area (TPSA) is 63.2 Å². The molecule has 0 radical (unpaired) electrons. The summed E-state index contributed by atoms with van der Waals surface area (Å²) < 4.78 is 50.2. The molecule has 1 heterocycles. The lowest BCUT2D eigenvalue weighted by Crippen LogP contribution is -2.15. The van der Waals surface area contributed by atoms with E-state index in [1.54, 1.807) is 12.1 Å². The Labute approximate surface area is 131 Å². The Bertz CT molecular complexity index is 936. The van der Waals surface area contributed by atoms with E-state index in [2.05, 4.69) is 5.32 Å². The van der Waals surface area contributed by atoms with Gasteiger partial charge in [0.2, 0.25) is 15.7 Å². The Kier molecular flexibility index (Phi) is 3.73. The number of fused-ring (bicyclic) bond motifs is 1. The Morgan fingerprint density at radius 1 is 1.09 bits per heavy atom. The molecular formula is C16H11F2NO3S. The van der Waals surface area contributed by atoms with E-state index in [1.165, 1.54) is 12.1 Å². The standard InChI is InChI=1S/C16H11F2NO3S/c17-12-2-4-14(18)11(7-12)8-16(20)19-13-3-1-10-5-6-23(21,22)15(10)9-13/h1-7,9H,8H2,(H,19,20). The number of anilines is 1. The van der Waals surface area contributed by atoms with Gasteiger partial charge in [-0.3, -0.25) is 4.79 Å². The zero-order valence-electron chi connectivity index (χ0n) is 11.7. The van der Waals surface area contributed by atoms with Crippen LogP contribution in [0, 0.1) is 11.6 Å². The zero-order valence-corrected chi connectivity index (χ0v) is 12.5. The van der Waals surface area contributed by atoms with Crippen LogP contribution in [-0.4, -0.2) is 14.3 Å². The van der Waals surface area contributed by atoms with Gasteiger partial charge < -0.3 is 5.32 Å². The number of carbonyl (C=O) groups is 1. The molecule has 4 nitrogen and oxygen atoms in total. The number of carbonyl (C=O) groups excluding carboxylic acids is 1. The van der Waals surface area contributed by atoms with Crippen molar-refractivity contribution in [3.05, 3.63) is 64.6 Å². The molecule has 0 atom stereocenters. The van der Waals surface area contributed by atoms with E-state index in [0.29, 0.717) is 5.56 Å². The Balaban J connectivity index is 1.78. The van der Waals surface area contributed by atoms with Gasteiger partial charge in [-0.2, -0.15) is 0 Å². The number of hydrogen-bond acceptors (Lipinski definition) is 3. The van der Waals surface area contributed by atoms with E-state index >= 15 is 0 Å². The number of halogens is 2. The number of benzene rings is 2. The highest BCUT2D eigenvalue weighted by molar-refractivity contribution is 7.94. The molecule has 7 heteroatoms. The predicted molar refractivity (Wildman–Crippen MR) is 81.4 cm³/mol. The van der Waals surface area contributed by atoms with Gasteiger partial charge in [0.05, 0.1) is 11.3 Å². The van der Waals surface area contributed by atoms with Crippen molar-refractivity contribution in [2.45, 2.75) is 11.3 Å². The number of sulfone groups is 1. The van der Waals surface area contributed by atoms with Gasteiger partial charge in [-0.25, -0.2) is 17.2 Å². The first-order valence-electron chi connectivity index (χ1n) is 6.66. The molecule has 0 fully saturated rings. The number of hydrogen-bond donors (Lipinski definition) is 1. The van der Waals surface area contributed by atoms with Crippen LogP contribution < -0.4 is 5.32 Å². The highest BCUT2D eigenvalue weighted by atomic mass is 32.2. The van der Waals surface area contributed by atoms with Gasteiger partial charge in [0.25, 0.3) is 0 Å². The van der Waals surface area contributed by atoms with Crippen LogP contribution in [0.2, 0.25) is 0 Å².